The minimum atomic E-state index is -0.148. The van der Waals surface area contributed by atoms with Crippen LogP contribution in [-0.4, -0.2) is 19.2 Å². The van der Waals surface area contributed by atoms with E-state index in [0.29, 0.717) is 5.92 Å². The van der Waals surface area contributed by atoms with Crippen LogP contribution in [0.5, 0.6) is 5.75 Å². The SMILES string of the molecule is COc1ccc(CC(=O)N/N=C/c2ccc(C(C)C)cc2)cc1. The smallest absolute Gasteiger partial charge is 0.244 e. The van der Waals surface area contributed by atoms with E-state index < -0.39 is 0 Å². The van der Waals surface area contributed by atoms with Crippen LogP contribution in [0.3, 0.4) is 0 Å². The Balaban J connectivity index is 1.85. The minimum Gasteiger partial charge on any atom is -0.497 e. The number of hydrogen-bond donors (Lipinski definition) is 1. The van der Waals surface area contributed by atoms with Crippen molar-refractivity contribution in [3.05, 3.63) is 65.2 Å². The van der Waals surface area contributed by atoms with Crippen molar-refractivity contribution in [3.8, 4) is 5.75 Å². The largest absolute Gasteiger partial charge is 0.497 e. The van der Waals surface area contributed by atoms with Gasteiger partial charge in [-0.1, -0.05) is 50.2 Å². The number of benzene rings is 2. The molecule has 0 saturated heterocycles. The fourth-order valence-electron chi connectivity index (χ4n) is 2.11. The molecule has 4 nitrogen and oxygen atoms in total. The number of hydrazone groups is 1. The maximum absolute atomic E-state index is 11.8. The molecule has 2 aromatic carbocycles. The highest BCUT2D eigenvalue weighted by molar-refractivity contribution is 5.83. The third kappa shape index (κ3) is 5.25. The third-order valence-electron chi connectivity index (χ3n) is 3.53. The van der Waals surface area contributed by atoms with Gasteiger partial charge in [0.15, 0.2) is 0 Å². The van der Waals surface area contributed by atoms with Crippen LogP contribution in [-0.2, 0) is 11.2 Å². The molecule has 0 unspecified atom stereocenters. The normalized spacial score (nSPS) is 11.0. The molecule has 0 atom stereocenters. The third-order valence-corrected chi connectivity index (χ3v) is 3.53. The average molecular weight is 310 g/mol. The number of hydrogen-bond acceptors (Lipinski definition) is 3. The molecule has 0 aliphatic heterocycles. The van der Waals surface area contributed by atoms with E-state index in [-0.39, 0.29) is 12.3 Å². The molecular formula is C19H22N2O2. The zero-order valence-electron chi connectivity index (χ0n) is 13.7. The highest BCUT2D eigenvalue weighted by atomic mass is 16.5. The van der Waals surface area contributed by atoms with Crippen molar-refractivity contribution < 1.29 is 9.53 Å². The Kier molecular flexibility index (Phi) is 5.92. The molecule has 4 heteroatoms. The summed E-state index contributed by atoms with van der Waals surface area (Å²) < 4.78 is 5.09. The van der Waals surface area contributed by atoms with Crippen LogP contribution in [0.25, 0.3) is 0 Å². The lowest BCUT2D eigenvalue weighted by atomic mass is 10.0. The van der Waals surface area contributed by atoms with Gasteiger partial charge in [-0.25, -0.2) is 5.43 Å². The Labute approximate surface area is 137 Å². The summed E-state index contributed by atoms with van der Waals surface area (Å²) in [6.07, 6.45) is 1.93. The molecule has 1 amide bonds. The van der Waals surface area contributed by atoms with Crippen LogP contribution >= 0.6 is 0 Å². The van der Waals surface area contributed by atoms with Gasteiger partial charge in [-0.3, -0.25) is 4.79 Å². The van der Waals surface area contributed by atoms with Gasteiger partial charge < -0.3 is 4.74 Å². The highest BCUT2D eigenvalue weighted by Gasteiger charge is 2.02. The first-order valence-electron chi connectivity index (χ1n) is 7.63. The van der Waals surface area contributed by atoms with E-state index in [1.807, 2.05) is 36.4 Å². The number of nitrogens with one attached hydrogen (secondary N) is 1. The fraction of sp³-hybridized carbons (Fsp3) is 0.263. The van der Waals surface area contributed by atoms with Crippen molar-refractivity contribution in [1.82, 2.24) is 5.43 Å². The molecule has 0 saturated carbocycles. The van der Waals surface area contributed by atoms with E-state index in [9.17, 15) is 4.79 Å². The van der Waals surface area contributed by atoms with Gasteiger partial charge in [0.05, 0.1) is 19.7 Å². The van der Waals surface area contributed by atoms with Crippen molar-refractivity contribution in [2.24, 2.45) is 5.10 Å². The molecular weight excluding hydrogens is 288 g/mol. The summed E-state index contributed by atoms with van der Waals surface area (Å²) in [6, 6.07) is 15.5. The molecule has 1 N–H and O–H groups in total. The summed E-state index contributed by atoms with van der Waals surface area (Å²) in [5.74, 6) is 1.13. The summed E-state index contributed by atoms with van der Waals surface area (Å²) in [5, 5.41) is 4.00. The van der Waals surface area contributed by atoms with Gasteiger partial charge in [-0.05, 0) is 34.7 Å². The summed E-state index contributed by atoms with van der Waals surface area (Å²) in [7, 11) is 1.62. The van der Waals surface area contributed by atoms with Gasteiger partial charge in [0.25, 0.3) is 0 Å². The summed E-state index contributed by atoms with van der Waals surface area (Å²) in [6.45, 7) is 4.31. The lowest BCUT2D eigenvalue weighted by molar-refractivity contribution is -0.120. The Morgan fingerprint density at radius 3 is 2.35 bits per heavy atom. The zero-order valence-corrected chi connectivity index (χ0v) is 13.7. The van der Waals surface area contributed by atoms with Crippen molar-refractivity contribution in [1.29, 1.82) is 0 Å². The first kappa shape index (κ1) is 16.7. The van der Waals surface area contributed by atoms with Gasteiger partial charge in [0, 0.05) is 0 Å². The van der Waals surface area contributed by atoms with Crippen LogP contribution in [0.4, 0.5) is 0 Å². The first-order chi connectivity index (χ1) is 11.1. The second-order valence-electron chi connectivity index (χ2n) is 5.64. The molecule has 0 spiro atoms. The molecule has 0 bridgehead atoms. The molecule has 120 valence electrons. The minimum absolute atomic E-state index is 0.148. The topological polar surface area (TPSA) is 50.7 Å². The Bertz CT molecular complexity index is 659. The van der Waals surface area contributed by atoms with Gasteiger partial charge in [-0.15, -0.1) is 0 Å². The Morgan fingerprint density at radius 1 is 1.13 bits per heavy atom. The van der Waals surface area contributed by atoms with Crippen molar-refractivity contribution in [2.45, 2.75) is 26.2 Å². The van der Waals surface area contributed by atoms with Crippen molar-refractivity contribution >= 4 is 12.1 Å². The van der Waals surface area contributed by atoms with Gasteiger partial charge in [0.1, 0.15) is 5.75 Å². The van der Waals surface area contributed by atoms with E-state index in [2.05, 4.69) is 36.5 Å². The lowest BCUT2D eigenvalue weighted by Crippen LogP contribution is -2.19. The Morgan fingerprint density at radius 2 is 1.78 bits per heavy atom. The van der Waals surface area contributed by atoms with Crippen LogP contribution in [0.2, 0.25) is 0 Å². The fourth-order valence-corrected chi connectivity index (χ4v) is 2.11. The van der Waals surface area contributed by atoms with Crippen molar-refractivity contribution in [3.63, 3.8) is 0 Å². The Hall–Kier alpha value is -2.62. The summed E-state index contributed by atoms with van der Waals surface area (Å²) in [5.41, 5.74) is 5.70. The van der Waals surface area contributed by atoms with Gasteiger partial charge in [-0.2, -0.15) is 5.10 Å². The van der Waals surface area contributed by atoms with Crippen LogP contribution in [0.1, 0.15) is 36.5 Å². The number of rotatable bonds is 6. The molecule has 2 aromatic rings. The quantitative estimate of drug-likeness (QED) is 0.655. The standard InChI is InChI=1S/C19H22N2O2/c1-14(2)17-8-4-16(5-9-17)13-20-21-19(22)12-15-6-10-18(23-3)11-7-15/h4-11,13-14H,12H2,1-3H3,(H,21,22)/b20-13+. The van der Waals surface area contributed by atoms with Gasteiger partial charge >= 0.3 is 0 Å². The molecule has 0 fully saturated rings. The number of carbonyl (C=O) groups excluding carboxylic acids is 1. The van der Waals surface area contributed by atoms with Gasteiger partial charge in [0.2, 0.25) is 5.91 Å². The molecule has 0 aromatic heterocycles. The highest BCUT2D eigenvalue weighted by Crippen LogP contribution is 2.14. The number of ether oxygens (including phenoxy) is 1. The lowest BCUT2D eigenvalue weighted by Gasteiger charge is -2.04. The van der Waals surface area contributed by atoms with Crippen LogP contribution in [0.15, 0.2) is 53.6 Å². The van der Waals surface area contributed by atoms with E-state index in [4.69, 9.17) is 4.74 Å². The number of nitrogens with zero attached hydrogens (tertiary/aromatic N) is 1. The first-order valence-corrected chi connectivity index (χ1v) is 7.63. The second kappa shape index (κ2) is 8.13. The van der Waals surface area contributed by atoms with Crippen LogP contribution in [0, 0.1) is 0 Å². The predicted molar refractivity (Wildman–Crippen MR) is 93.0 cm³/mol. The van der Waals surface area contributed by atoms with E-state index in [1.54, 1.807) is 13.3 Å². The second-order valence-corrected chi connectivity index (χ2v) is 5.64. The van der Waals surface area contributed by atoms with E-state index >= 15 is 0 Å². The molecule has 23 heavy (non-hydrogen) atoms. The maximum Gasteiger partial charge on any atom is 0.244 e. The molecule has 0 radical (unpaired) electrons. The molecule has 2 rings (SSSR count). The number of amides is 1. The monoisotopic (exact) mass is 310 g/mol. The summed E-state index contributed by atoms with van der Waals surface area (Å²) >= 11 is 0. The number of carbonyl (C=O) groups is 1. The maximum atomic E-state index is 11.8. The molecule has 0 aliphatic rings. The van der Waals surface area contributed by atoms with E-state index in [0.717, 1.165) is 16.9 Å². The number of methoxy groups -OCH3 is 1. The summed E-state index contributed by atoms with van der Waals surface area (Å²) in [4.78, 5) is 11.8. The van der Waals surface area contributed by atoms with Crippen molar-refractivity contribution in [2.75, 3.05) is 7.11 Å². The van der Waals surface area contributed by atoms with E-state index in [1.165, 1.54) is 5.56 Å². The molecule has 0 aliphatic carbocycles. The average Bonchev–Trinajstić information content (AvgIpc) is 2.56. The zero-order chi connectivity index (χ0) is 16.7. The molecule has 0 heterocycles. The predicted octanol–water partition coefficient (Wildman–Crippen LogP) is 3.51. The van der Waals surface area contributed by atoms with Crippen LogP contribution < -0.4 is 10.2 Å².